The summed E-state index contributed by atoms with van der Waals surface area (Å²) >= 11 is 1.75. The molecule has 4 nitrogen and oxygen atoms in total. The summed E-state index contributed by atoms with van der Waals surface area (Å²) in [7, 11) is 0. The van der Waals surface area contributed by atoms with Gasteiger partial charge in [-0.3, -0.25) is 9.89 Å². The maximum Gasteiger partial charge on any atom is 0.251 e. The van der Waals surface area contributed by atoms with Gasteiger partial charge in [-0.05, 0) is 12.1 Å². The number of benzene rings is 1. The first-order chi connectivity index (χ1) is 8.81. The number of amides is 1. The fourth-order valence-electron chi connectivity index (χ4n) is 1.58. The second-order valence-electron chi connectivity index (χ2n) is 3.79. The van der Waals surface area contributed by atoms with Crippen molar-refractivity contribution < 1.29 is 4.79 Å². The number of aromatic nitrogens is 2. The fraction of sp³-hybridized carbons (Fsp3) is 0.231. The van der Waals surface area contributed by atoms with E-state index in [4.69, 9.17) is 0 Å². The average Bonchev–Trinajstić information content (AvgIpc) is 2.85. The van der Waals surface area contributed by atoms with Gasteiger partial charge in [-0.15, -0.1) is 6.58 Å². The Balaban J connectivity index is 1.89. The van der Waals surface area contributed by atoms with Crippen LogP contribution in [-0.4, -0.2) is 34.2 Å². The van der Waals surface area contributed by atoms with E-state index in [1.807, 2.05) is 24.3 Å². The first-order valence-electron chi connectivity index (χ1n) is 5.71. The van der Waals surface area contributed by atoms with Gasteiger partial charge in [0.25, 0.3) is 5.91 Å². The highest BCUT2D eigenvalue weighted by Crippen LogP contribution is 2.12. The van der Waals surface area contributed by atoms with Crippen molar-refractivity contribution >= 4 is 28.6 Å². The first kappa shape index (κ1) is 12.7. The topological polar surface area (TPSA) is 57.8 Å². The molecule has 2 rings (SSSR count). The van der Waals surface area contributed by atoms with Crippen LogP contribution in [0, 0.1) is 0 Å². The Kier molecular flexibility index (Phi) is 4.41. The zero-order valence-corrected chi connectivity index (χ0v) is 10.8. The molecule has 0 aliphatic carbocycles. The molecule has 2 aromatic rings. The molecule has 94 valence electrons. The molecule has 2 N–H and O–H groups in total. The maximum absolute atomic E-state index is 11.9. The van der Waals surface area contributed by atoms with Gasteiger partial charge in [0, 0.05) is 29.0 Å². The second kappa shape index (κ2) is 6.26. The van der Waals surface area contributed by atoms with Gasteiger partial charge >= 0.3 is 0 Å². The SMILES string of the molecule is C=CCSCCNC(=O)c1ccc2cn[nH]c2c1. The Bertz CT molecular complexity index is 550. The van der Waals surface area contributed by atoms with Gasteiger partial charge in [0.1, 0.15) is 0 Å². The first-order valence-corrected chi connectivity index (χ1v) is 6.86. The minimum Gasteiger partial charge on any atom is -0.351 e. The lowest BCUT2D eigenvalue weighted by molar-refractivity contribution is 0.0956. The van der Waals surface area contributed by atoms with Crippen molar-refractivity contribution in [3.8, 4) is 0 Å². The number of thioether (sulfide) groups is 1. The summed E-state index contributed by atoms with van der Waals surface area (Å²) in [6.45, 7) is 4.31. The zero-order valence-electron chi connectivity index (χ0n) is 9.98. The Morgan fingerprint density at radius 1 is 1.56 bits per heavy atom. The summed E-state index contributed by atoms with van der Waals surface area (Å²) in [5.74, 6) is 1.76. The van der Waals surface area contributed by atoms with Gasteiger partial charge in [-0.2, -0.15) is 16.9 Å². The molecule has 0 bridgehead atoms. The minimum absolute atomic E-state index is 0.0503. The number of nitrogens with zero attached hydrogens (tertiary/aromatic N) is 1. The van der Waals surface area contributed by atoms with Gasteiger partial charge in [-0.1, -0.05) is 12.1 Å². The van der Waals surface area contributed by atoms with E-state index in [-0.39, 0.29) is 5.91 Å². The molecule has 0 spiro atoms. The zero-order chi connectivity index (χ0) is 12.8. The maximum atomic E-state index is 11.9. The predicted molar refractivity (Wildman–Crippen MR) is 75.9 cm³/mol. The molecule has 1 heterocycles. The standard InChI is InChI=1S/C13H15N3OS/c1-2-6-18-7-5-14-13(17)10-3-4-11-9-15-16-12(11)8-10/h2-4,8-9H,1,5-7H2,(H,14,17)(H,15,16). The summed E-state index contributed by atoms with van der Waals surface area (Å²) in [5, 5.41) is 10.7. The summed E-state index contributed by atoms with van der Waals surface area (Å²) < 4.78 is 0. The van der Waals surface area contributed by atoms with Crippen LogP contribution in [0.25, 0.3) is 10.9 Å². The molecule has 5 heteroatoms. The van der Waals surface area contributed by atoms with E-state index >= 15 is 0 Å². The van der Waals surface area contributed by atoms with Crippen LogP contribution >= 0.6 is 11.8 Å². The highest BCUT2D eigenvalue weighted by Gasteiger charge is 2.06. The molecule has 1 aromatic heterocycles. The van der Waals surface area contributed by atoms with E-state index in [9.17, 15) is 4.79 Å². The lowest BCUT2D eigenvalue weighted by Crippen LogP contribution is -2.25. The van der Waals surface area contributed by atoms with Crippen molar-refractivity contribution in [1.82, 2.24) is 15.5 Å². The van der Waals surface area contributed by atoms with E-state index in [2.05, 4.69) is 22.1 Å². The largest absolute Gasteiger partial charge is 0.351 e. The summed E-state index contributed by atoms with van der Waals surface area (Å²) in [6.07, 6.45) is 3.60. The van der Waals surface area contributed by atoms with E-state index in [1.54, 1.807) is 18.0 Å². The molecule has 0 aliphatic heterocycles. The van der Waals surface area contributed by atoms with E-state index < -0.39 is 0 Å². The number of rotatable bonds is 6. The molecule has 0 radical (unpaired) electrons. The van der Waals surface area contributed by atoms with Crippen molar-refractivity contribution in [2.75, 3.05) is 18.1 Å². The number of fused-ring (bicyclic) bond motifs is 1. The average molecular weight is 261 g/mol. The highest BCUT2D eigenvalue weighted by molar-refractivity contribution is 7.99. The number of aromatic amines is 1. The monoisotopic (exact) mass is 261 g/mol. The van der Waals surface area contributed by atoms with Gasteiger partial charge in [0.05, 0.1) is 11.7 Å². The van der Waals surface area contributed by atoms with Crippen molar-refractivity contribution in [3.63, 3.8) is 0 Å². The van der Waals surface area contributed by atoms with Crippen LogP contribution in [0.15, 0.2) is 37.1 Å². The summed E-state index contributed by atoms with van der Waals surface area (Å²) in [6, 6.07) is 5.51. The highest BCUT2D eigenvalue weighted by atomic mass is 32.2. The van der Waals surface area contributed by atoms with E-state index in [0.717, 1.165) is 22.4 Å². The number of carbonyl (C=O) groups excluding carboxylic acids is 1. The van der Waals surface area contributed by atoms with Gasteiger partial charge < -0.3 is 5.32 Å². The van der Waals surface area contributed by atoms with Gasteiger partial charge in [0.15, 0.2) is 0 Å². The van der Waals surface area contributed by atoms with Crippen molar-refractivity contribution in [3.05, 3.63) is 42.6 Å². The Morgan fingerprint density at radius 2 is 2.44 bits per heavy atom. The van der Waals surface area contributed by atoms with Crippen molar-refractivity contribution in [1.29, 1.82) is 0 Å². The Hall–Kier alpha value is -1.75. The van der Waals surface area contributed by atoms with Crippen molar-refractivity contribution in [2.24, 2.45) is 0 Å². The Morgan fingerprint density at radius 3 is 3.28 bits per heavy atom. The molecular formula is C13H15N3OS. The lowest BCUT2D eigenvalue weighted by atomic mass is 10.1. The third kappa shape index (κ3) is 3.13. The van der Waals surface area contributed by atoms with Gasteiger partial charge in [-0.25, -0.2) is 0 Å². The van der Waals surface area contributed by atoms with E-state index in [0.29, 0.717) is 12.1 Å². The molecule has 1 amide bonds. The van der Waals surface area contributed by atoms with Crippen molar-refractivity contribution in [2.45, 2.75) is 0 Å². The molecule has 18 heavy (non-hydrogen) atoms. The predicted octanol–water partition coefficient (Wildman–Crippen LogP) is 2.21. The van der Waals surface area contributed by atoms with Crippen LogP contribution in [0.3, 0.4) is 0 Å². The van der Waals surface area contributed by atoms with Crippen LogP contribution in [0.4, 0.5) is 0 Å². The van der Waals surface area contributed by atoms with Crippen LogP contribution < -0.4 is 5.32 Å². The molecular weight excluding hydrogens is 246 g/mol. The molecule has 1 aromatic carbocycles. The molecule has 0 aliphatic rings. The summed E-state index contributed by atoms with van der Waals surface area (Å²) in [5.41, 5.74) is 1.53. The van der Waals surface area contributed by atoms with Crippen LogP contribution in [-0.2, 0) is 0 Å². The molecule has 0 saturated heterocycles. The van der Waals surface area contributed by atoms with Gasteiger partial charge in [0.2, 0.25) is 0 Å². The third-order valence-electron chi connectivity index (χ3n) is 2.47. The number of H-pyrrole nitrogens is 1. The molecule has 0 atom stereocenters. The normalized spacial score (nSPS) is 10.4. The number of carbonyl (C=O) groups is 1. The quantitative estimate of drug-likeness (QED) is 0.619. The second-order valence-corrected chi connectivity index (χ2v) is 4.94. The number of nitrogens with one attached hydrogen (secondary N) is 2. The third-order valence-corrected chi connectivity index (χ3v) is 3.44. The molecule has 0 unspecified atom stereocenters. The number of hydrogen-bond acceptors (Lipinski definition) is 3. The molecule has 0 saturated carbocycles. The number of hydrogen-bond donors (Lipinski definition) is 2. The minimum atomic E-state index is -0.0503. The smallest absolute Gasteiger partial charge is 0.251 e. The Labute approximate surface area is 110 Å². The summed E-state index contributed by atoms with van der Waals surface area (Å²) in [4.78, 5) is 11.9. The van der Waals surface area contributed by atoms with Crippen LogP contribution in [0.2, 0.25) is 0 Å². The lowest BCUT2D eigenvalue weighted by Gasteiger charge is -2.04. The molecule has 0 fully saturated rings. The van der Waals surface area contributed by atoms with Crippen LogP contribution in [0.5, 0.6) is 0 Å². The fourth-order valence-corrected chi connectivity index (χ4v) is 2.16. The van der Waals surface area contributed by atoms with E-state index in [1.165, 1.54) is 0 Å². The van der Waals surface area contributed by atoms with Crippen LogP contribution in [0.1, 0.15) is 10.4 Å².